The van der Waals surface area contributed by atoms with Crippen LogP contribution < -0.4 is 0 Å². The Morgan fingerprint density at radius 1 is 0.949 bits per heavy atom. The maximum absolute atomic E-state index is 13.2. The zero-order valence-corrected chi connectivity index (χ0v) is 23.8. The van der Waals surface area contributed by atoms with Crippen molar-refractivity contribution in [2.75, 3.05) is 45.8 Å². The zero-order chi connectivity index (χ0) is 27.7. The molecule has 4 heterocycles. The van der Waals surface area contributed by atoms with Crippen molar-refractivity contribution in [3.05, 3.63) is 59.2 Å². The molecule has 1 aromatic heterocycles. The van der Waals surface area contributed by atoms with Gasteiger partial charge in [-0.1, -0.05) is 30.3 Å². The number of hydrogen-bond acceptors (Lipinski definition) is 8. The minimum atomic E-state index is -0.640. The van der Waals surface area contributed by atoms with Crippen LogP contribution >= 0.6 is 0 Å². The minimum Gasteiger partial charge on any atom is -0.427 e. The molecule has 0 aliphatic carbocycles. The summed E-state index contributed by atoms with van der Waals surface area (Å²) >= 11 is 0. The summed E-state index contributed by atoms with van der Waals surface area (Å²) in [7, 11) is 0. The van der Waals surface area contributed by atoms with E-state index in [4.69, 9.17) is 9.57 Å². The highest BCUT2D eigenvalue weighted by atomic mass is 16.8. The Morgan fingerprint density at radius 2 is 1.56 bits per heavy atom. The number of rotatable bonds is 7. The molecule has 1 amide bonds. The molecule has 0 N–H and O–H groups in total. The Balaban J connectivity index is 1.13. The number of hydrogen-bond donors (Lipinski definition) is 0. The van der Waals surface area contributed by atoms with Crippen molar-refractivity contribution in [1.82, 2.24) is 24.8 Å². The SMILES string of the molecule is Cc1ncnc(C)c1C(=O)N1CC2CN(CCC(c3ccccc3)C3CN(OC(=O)OC(C)(C)C)C3)CC2C1. The lowest BCUT2D eigenvalue weighted by atomic mass is 9.80. The van der Waals surface area contributed by atoms with Crippen LogP contribution in [0.2, 0.25) is 0 Å². The first-order valence-electron chi connectivity index (χ1n) is 14.1. The lowest BCUT2D eigenvalue weighted by molar-refractivity contribution is -0.199. The van der Waals surface area contributed by atoms with Gasteiger partial charge in [-0.2, -0.15) is 0 Å². The Bertz CT molecular complexity index is 1140. The van der Waals surface area contributed by atoms with Gasteiger partial charge in [0.15, 0.2) is 0 Å². The van der Waals surface area contributed by atoms with Gasteiger partial charge in [0.2, 0.25) is 0 Å². The van der Waals surface area contributed by atoms with Gasteiger partial charge >= 0.3 is 6.16 Å². The largest absolute Gasteiger partial charge is 0.528 e. The van der Waals surface area contributed by atoms with Gasteiger partial charge in [0.1, 0.15) is 11.9 Å². The predicted octanol–water partition coefficient (Wildman–Crippen LogP) is 4.07. The first kappa shape index (κ1) is 27.5. The molecule has 0 radical (unpaired) electrons. The average molecular weight is 536 g/mol. The van der Waals surface area contributed by atoms with Crippen molar-refractivity contribution < 1.29 is 19.2 Å². The second kappa shape index (κ2) is 11.2. The normalized spacial score (nSPS) is 22.8. The predicted molar refractivity (Wildman–Crippen MR) is 147 cm³/mol. The van der Waals surface area contributed by atoms with E-state index in [1.807, 2.05) is 39.5 Å². The standard InChI is InChI=1S/C30H41N5O4/c1-20-27(21(2)32-19-31-20)28(36)34-15-23-13-33(14-24(23)16-34)12-11-26(22-9-7-6-8-10-22)25-17-35(18-25)39-29(37)38-30(3,4)5/h6-10,19,23-26H,11-18H2,1-5H3. The van der Waals surface area contributed by atoms with Crippen molar-refractivity contribution in [3.8, 4) is 0 Å². The summed E-state index contributed by atoms with van der Waals surface area (Å²) in [5.74, 6) is 1.90. The Labute approximate surface area is 231 Å². The summed E-state index contributed by atoms with van der Waals surface area (Å²) in [5, 5.41) is 1.71. The van der Waals surface area contributed by atoms with Gasteiger partial charge in [-0.3, -0.25) is 4.79 Å². The lowest BCUT2D eigenvalue weighted by Gasteiger charge is -2.42. The molecule has 3 aliphatic heterocycles. The fourth-order valence-electron chi connectivity index (χ4n) is 6.37. The van der Waals surface area contributed by atoms with Crippen LogP contribution in [0.1, 0.15) is 60.4 Å². The summed E-state index contributed by atoms with van der Waals surface area (Å²) < 4.78 is 5.29. The molecular formula is C30H41N5O4. The summed E-state index contributed by atoms with van der Waals surface area (Å²) in [6.45, 7) is 15.4. The molecule has 0 saturated carbocycles. The number of ether oxygens (including phenoxy) is 1. The van der Waals surface area contributed by atoms with E-state index in [0.29, 0.717) is 42.3 Å². The molecule has 9 heteroatoms. The fraction of sp³-hybridized carbons (Fsp3) is 0.600. The summed E-state index contributed by atoms with van der Waals surface area (Å²) in [4.78, 5) is 43.8. The van der Waals surface area contributed by atoms with Crippen LogP contribution in [-0.4, -0.2) is 88.3 Å². The van der Waals surface area contributed by atoms with Gasteiger partial charge in [0.25, 0.3) is 5.91 Å². The number of nitrogens with zero attached hydrogens (tertiary/aromatic N) is 5. The molecule has 9 nitrogen and oxygen atoms in total. The van der Waals surface area contributed by atoms with E-state index in [1.165, 1.54) is 11.9 Å². The third-order valence-corrected chi connectivity index (χ3v) is 8.31. The fourth-order valence-corrected chi connectivity index (χ4v) is 6.37. The highest BCUT2D eigenvalue weighted by Crippen LogP contribution is 2.37. The topological polar surface area (TPSA) is 88.1 Å². The van der Waals surface area contributed by atoms with Gasteiger partial charge < -0.3 is 19.4 Å². The van der Waals surface area contributed by atoms with Crippen LogP contribution in [0.4, 0.5) is 4.79 Å². The number of aromatic nitrogens is 2. The Kier molecular flexibility index (Phi) is 7.91. The van der Waals surface area contributed by atoms with Crippen LogP contribution in [-0.2, 0) is 9.57 Å². The second-order valence-electron chi connectivity index (χ2n) is 12.4. The van der Waals surface area contributed by atoms with Gasteiger partial charge in [-0.15, -0.1) is 5.06 Å². The van der Waals surface area contributed by atoms with Gasteiger partial charge in [0, 0.05) is 39.3 Å². The smallest absolute Gasteiger partial charge is 0.427 e. The number of carbonyl (C=O) groups is 2. The van der Waals surface area contributed by atoms with E-state index in [-0.39, 0.29) is 5.91 Å². The van der Waals surface area contributed by atoms with Crippen LogP contribution in [0.15, 0.2) is 36.7 Å². The van der Waals surface area contributed by atoms with Crippen molar-refractivity contribution in [3.63, 3.8) is 0 Å². The number of carbonyl (C=O) groups excluding carboxylic acids is 2. The first-order valence-corrected chi connectivity index (χ1v) is 14.1. The number of aryl methyl sites for hydroxylation is 2. The van der Waals surface area contributed by atoms with E-state index >= 15 is 0 Å². The highest BCUT2D eigenvalue weighted by Gasteiger charge is 2.43. The van der Waals surface area contributed by atoms with E-state index in [1.54, 1.807) is 5.06 Å². The van der Waals surface area contributed by atoms with Crippen LogP contribution in [0.3, 0.4) is 0 Å². The molecule has 3 aliphatic rings. The number of likely N-dealkylation sites (tertiary alicyclic amines) is 2. The van der Waals surface area contributed by atoms with Crippen LogP contribution in [0.5, 0.6) is 0 Å². The van der Waals surface area contributed by atoms with Crippen molar-refractivity contribution >= 4 is 12.1 Å². The van der Waals surface area contributed by atoms with Crippen molar-refractivity contribution in [2.45, 2.75) is 52.6 Å². The third kappa shape index (κ3) is 6.41. The van der Waals surface area contributed by atoms with Crippen molar-refractivity contribution in [1.29, 1.82) is 0 Å². The van der Waals surface area contributed by atoms with E-state index in [0.717, 1.165) is 50.5 Å². The average Bonchev–Trinajstić information content (AvgIpc) is 3.41. The van der Waals surface area contributed by atoms with E-state index < -0.39 is 11.8 Å². The second-order valence-corrected chi connectivity index (χ2v) is 12.4. The number of amides is 1. The van der Waals surface area contributed by atoms with Crippen LogP contribution in [0, 0.1) is 31.6 Å². The van der Waals surface area contributed by atoms with E-state index in [2.05, 4.69) is 45.2 Å². The van der Waals surface area contributed by atoms with Crippen molar-refractivity contribution in [2.24, 2.45) is 17.8 Å². The number of benzene rings is 1. The number of fused-ring (bicyclic) bond motifs is 1. The quantitative estimate of drug-likeness (QED) is 0.491. The summed E-state index contributed by atoms with van der Waals surface area (Å²) in [5.41, 5.74) is 2.94. The van der Waals surface area contributed by atoms with E-state index in [9.17, 15) is 9.59 Å². The zero-order valence-electron chi connectivity index (χ0n) is 23.8. The minimum absolute atomic E-state index is 0.0684. The summed E-state index contributed by atoms with van der Waals surface area (Å²) in [6, 6.07) is 10.7. The molecule has 210 valence electrons. The third-order valence-electron chi connectivity index (χ3n) is 8.31. The Hall–Kier alpha value is -3.04. The first-order chi connectivity index (χ1) is 18.6. The maximum Gasteiger partial charge on any atom is 0.528 e. The van der Waals surface area contributed by atoms with Gasteiger partial charge in [-0.25, -0.2) is 14.8 Å². The lowest BCUT2D eigenvalue weighted by Crippen LogP contribution is -2.50. The highest BCUT2D eigenvalue weighted by molar-refractivity contribution is 5.96. The molecule has 3 unspecified atom stereocenters. The summed E-state index contributed by atoms with van der Waals surface area (Å²) in [6.07, 6.45) is 1.94. The molecule has 39 heavy (non-hydrogen) atoms. The maximum atomic E-state index is 13.2. The molecule has 2 aromatic rings. The molecular weight excluding hydrogens is 494 g/mol. The molecule has 1 aromatic carbocycles. The van der Waals surface area contributed by atoms with Crippen LogP contribution in [0.25, 0.3) is 0 Å². The number of hydroxylamine groups is 2. The molecule has 3 atom stereocenters. The monoisotopic (exact) mass is 535 g/mol. The molecule has 0 bridgehead atoms. The van der Waals surface area contributed by atoms with Gasteiger partial charge in [-0.05, 0) is 76.8 Å². The molecule has 0 spiro atoms. The molecule has 3 fully saturated rings. The Morgan fingerprint density at radius 3 is 2.15 bits per heavy atom. The van der Waals surface area contributed by atoms with Gasteiger partial charge in [0.05, 0.1) is 17.0 Å². The molecule has 5 rings (SSSR count). The molecule has 3 saturated heterocycles.